The third-order valence-electron chi connectivity index (χ3n) is 4.50. The average molecular weight is 372 g/mol. The van der Waals surface area contributed by atoms with Crippen molar-refractivity contribution in [1.82, 2.24) is 0 Å². The lowest BCUT2D eigenvalue weighted by atomic mass is 9.99. The number of non-ortho nitro benzene ring substituents is 1. The van der Waals surface area contributed by atoms with Gasteiger partial charge in [-0.15, -0.1) is 0 Å². The molecule has 4 rings (SSSR count). The van der Waals surface area contributed by atoms with E-state index in [2.05, 4.69) is 0 Å². The van der Waals surface area contributed by atoms with Crippen LogP contribution in [-0.2, 0) is 0 Å². The van der Waals surface area contributed by atoms with Gasteiger partial charge >= 0.3 is 0 Å². The first-order chi connectivity index (χ1) is 13.5. The van der Waals surface area contributed by atoms with Gasteiger partial charge in [0.25, 0.3) is 17.5 Å². The van der Waals surface area contributed by atoms with Gasteiger partial charge in [0.05, 0.1) is 21.7 Å². The topological polar surface area (TPSA) is 97.6 Å². The summed E-state index contributed by atoms with van der Waals surface area (Å²) >= 11 is 0. The molecule has 0 radical (unpaired) electrons. The molecule has 28 heavy (non-hydrogen) atoms. The molecule has 7 nitrogen and oxygen atoms in total. The van der Waals surface area contributed by atoms with Crippen LogP contribution in [-0.4, -0.2) is 22.5 Å². The fourth-order valence-corrected chi connectivity index (χ4v) is 3.09. The van der Waals surface area contributed by atoms with Crippen molar-refractivity contribution in [2.24, 2.45) is 0 Å². The molecule has 0 aliphatic carbocycles. The summed E-state index contributed by atoms with van der Waals surface area (Å²) in [5.41, 5.74) is 1.20. The minimum absolute atomic E-state index is 0.121. The summed E-state index contributed by atoms with van der Waals surface area (Å²) in [6.45, 7) is 0. The number of imide groups is 1. The molecule has 1 aliphatic heterocycles. The molecule has 1 heterocycles. The van der Waals surface area contributed by atoms with E-state index < -0.39 is 22.5 Å². The van der Waals surface area contributed by atoms with E-state index in [4.69, 9.17) is 0 Å². The molecule has 2 amide bonds. The molecular weight excluding hydrogens is 360 g/mol. The number of fused-ring (bicyclic) bond motifs is 1. The van der Waals surface area contributed by atoms with Crippen molar-refractivity contribution in [1.29, 1.82) is 0 Å². The highest BCUT2D eigenvalue weighted by Gasteiger charge is 2.37. The van der Waals surface area contributed by atoms with Gasteiger partial charge in [-0.05, 0) is 36.4 Å². The predicted molar refractivity (Wildman–Crippen MR) is 101 cm³/mol. The van der Waals surface area contributed by atoms with Crippen LogP contribution in [0.3, 0.4) is 0 Å². The Morgan fingerprint density at radius 2 is 1.39 bits per heavy atom. The standard InChI is InChI=1S/C21H12N2O5/c24-19(13-6-9-16(10-7-13)23(27)28)14-8-11-17-18(12-14)21(26)22(20(17)25)15-4-2-1-3-5-15/h1-12H. The molecule has 0 aromatic heterocycles. The average Bonchev–Trinajstić information content (AvgIpc) is 2.98. The maximum atomic E-state index is 12.8. The Kier molecular flexibility index (Phi) is 4.04. The fraction of sp³-hybridized carbons (Fsp3) is 0. The lowest BCUT2D eigenvalue weighted by Crippen LogP contribution is -2.29. The van der Waals surface area contributed by atoms with E-state index in [9.17, 15) is 24.5 Å². The Hall–Kier alpha value is -4.13. The monoisotopic (exact) mass is 372 g/mol. The van der Waals surface area contributed by atoms with Crippen molar-refractivity contribution in [2.45, 2.75) is 0 Å². The first kappa shape index (κ1) is 17.3. The van der Waals surface area contributed by atoms with Crippen LogP contribution >= 0.6 is 0 Å². The van der Waals surface area contributed by atoms with Crippen molar-refractivity contribution < 1.29 is 19.3 Å². The van der Waals surface area contributed by atoms with Gasteiger partial charge in [-0.25, -0.2) is 4.90 Å². The van der Waals surface area contributed by atoms with Crippen molar-refractivity contribution in [3.8, 4) is 0 Å². The zero-order valence-corrected chi connectivity index (χ0v) is 14.4. The number of anilines is 1. The van der Waals surface area contributed by atoms with E-state index in [0.29, 0.717) is 5.69 Å². The van der Waals surface area contributed by atoms with Crippen molar-refractivity contribution in [2.75, 3.05) is 4.90 Å². The van der Waals surface area contributed by atoms with Crippen molar-refractivity contribution in [3.05, 3.63) is 105 Å². The second kappa shape index (κ2) is 6.55. The van der Waals surface area contributed by atoms with Gasteiger partial charge in [-0.3, -0.25) is 24.5 Å². The van der Waals surface area contributed by atoms with Crippen molar-refractivity contribution in [3.63, 3.8) is 0 Å². The molecule has 3 aromatic carbocycles. The summed E-state index contributed by atoms with van der Waals surface area (Å²) < 4.78 is 0. The molecule has 0 saturated carbocycles. The third-order valence-corrected chi connectivity index (χ3v) is 4.50. The number of carbonyl (C=O) groups excluding carboxylic acids is 3. The van der Waals surface area contributed by atoms with E-state index in [0.717, 1.165) is 4.90 Å². The molecule has 136 valence electrons. The van der Waals surface area contributed by atoms with Gasteiger partial charge in [0.15, 0.2) is 5.78 Å². The van der Waals surface area contributed by atoms with Crippen LogP contribution in [0.25, 0.3) is 0 Å². The highest BCUT2D eigenvalue weighted by Crippen LogP contribution is 2.29. The van der Waals surface area contributed by atoms with Crippen molar-refractivity contribution >= 4 is 29.0 Å². The maximum Gasteiger partial charge on any atom is 0.269 e. The summed E-state index contributed by atoms with van der Waals surface area (Å²) in [4.78, 5) is 49.3. The Labute approximate surface area is 159 Å². The van der Waals surface area contributed by atoms with Gasteiger partial charge < -0.3 is 0 Å². The summed E-state index contributed by atoms with van der Waals surface area (Å²) in [5, 5.41) is 10.7. The van der Waals surface area contributed by atoms with E-state index in [1.54, 1.807) is 30.3 Å². The molecule has 0 unspecified atom stereocenters. The van der Waals surface area contributed by atoms with E-state index in [1.165, 1.54) is 42.5 Å². The molecule has 0 N–H and O–H groups in total. The number of nitro benzene ring substituents is 1. The highest BCUT2D eigenvalue weighted by molar-refractivity contribution is 6.34. The number of hydrogen-bond donors (Lipinski definition) is 0. The second-order valence-electron chi connectivity index (χ2n) is 6.17. The number of rotatable bonds is 4. The normalized spacial score (nSPS) is 12.8. The molecule has 0 fully saturated rings. The predicted octanol–water partition coefficient (Wildman–Crippen LogP) is 3.63. The zero-order chi connectivity index (χ0) is 19.8. The number of ketones is 1. The van der Waals surface area contributed by atoms with Crippen LogP contribution in [0.1, 0.15) is 36.6 Å². The van der Waals surface area contributed by atoms with E-state index >= 15 is 0 Å². The molecule has 1 aliphatic rings. The van der Waals surface area contributed by atoms with Gasteiger partial charge in [0.2, 0.25) is 0 Å². The van der Waals surface area contributed by atoms with Gasteiger partial charge in [0, 0.05) is 23.3 Å². The number of para-hydroxylation sites is 1. The van der Waals surface area contributed by atoms with Gasteiger partial charge in [0.1, 0.15) is 0 Å². The van der Waals surface area contributed by atoms with E-state index in [-0.39, 0.29) is 27.9 Å². The summed E-state index contributed by atoms with van der Waals surface area (Å²) in [6.07, 6.45) is 0. The number of hydrogen-bond acceptors (Lipinski definition) is 5. The molecule has 3 aromatic rings. The molecule has 0 bridgehead atoms. The van der Waals surface area contributed by atoms with Crippen LogP contribution in [0.5, 0.6) is 0 Å². The van der Waals surface area contributed by atoms with Crippen LogP contribution in [0.4, 0.5) is 11.4 Å². The first-order valence-corrected chi connectivity index (χ1v) is 8.34. The Bertz CT molecular complexity index is 1140. The zero-order valence-electron chi connectivity index (χ0n) is 14.4. The fourth-order valence-electron chi connectivity index (χ4n) is 3.09. The number of benzene rings is 3. The SMILES string of the molecule is O=C(c1ccc([N+](=O)[O-])cc1)c1ccc2c(c1)C(=O)N(c1ccccc1)C2=O. The van der Waals surface area contributed by atoms with Crippen LogP contribution in [0, 0.1) is 10.1 Å². The molecule has 0 spiro atoms. The minimum atomic E-state index is -0.550. The molecule has 7 heteroatoms. The second-order valence-corrected chi connectivity index (χ2v) is 6.17. The Balaban J connectivity index is 1.68. The smallest absolute Gasteiger partial charge is 0.269 e. The van der Waals surface area contributed by atoms with Crippen LogP contribution in [0.2, 0.25) is 0 Å². The highest BCUT2D eigenvalue weighted by atomic mass is 16.6. The summed E-state index contributed by atoms with van der Waals surface area (Å²) in [5.74, 6) is -1.33. The first-order valence-electron chi connectivity index (χ1n) is 8.34. The number of carbonyl (C=O) groups is 3. The van der Waals surface area contributed by atoms with E-state index in [1.807, 2.05) is 0 Å². The lowest BCUT2D eigenvalue weighted by Gasteiger charge is -2.13. The Morgan fingerprint density at radius 3 is 2.04 bits per heavy atom. The molecule has 0 saturated heterocycles. The van der Waals surface area contributed by atoms with Crippen LogP contribution < -0.4 is 4.90 Å². The van der Waals surface area contributed by atoms with Gasteiger partial charge in [-0.2, -0.15) is 0 Å². The summed E-state index contributed by atoms with van der Waals surface area (Å²) in [6, 6.07) is 18.1. The quantitative estimate of drug-likeness (QED) is 0.301. The number of nitrogens with zero attached hydrogens (tertiary/aromatic N) is 2. The minimum Gasteiger partial charge on any atom is -0.289 e. The molecular formula is C21H12N2O5. The number of amides is 2. The largest absolute Gasteiger partial charge is 0.289 e. The van der Waals surface area contributed by atoms with Gasteiger partial charge in [-0.1, -0.05) is 24.3 Å². The Morgan fingerprint density at radius 1 is 0.786 bits per heavy atom. The maximum absolute atomic E-state index is 12.8. The number of nitro groups is 1. The lowest BCUT2D eigenvalue weighted by molar-refractivity contribution is -0.384. The third kappa shape index (κ3) is 2.75. The molecule has 0 atom stereocenters. The van der Waals surface area contributed by atoms with Crippen LogP contribution in [0.15, 0.2) is 72.8 Å². The summed E-state index contributed by atoms with van der Waals surface area (Å²) in [7, 11) is 0.